The van der Waals surface area contributed by atoms with E-state index >= 15 is 0 Å². The van der Waals surface area contributed by atoms with Crippen molar-refractivity contribution in [2.75, 3.05) is 30.9 Å². The molecule has 0 N–H and O–H groups in total. The van der Waals surface area contributed by atoms with E-state index in [2.05, 4.69) is 4.98 Å². The van der Waals surface area contributed by atoms with Gasteiger partial charge in [0.05, 0.1) is 11.9 Å². The Morgan fingerprint density at radius 3 is 2.25 bits per heavy atom. The van der Waals surface area contributed by atoms with Crippen molar-refractivity contribution in [1.82, 2.24) is 4.98 Å². The molecule has 4 heteroatoms. The summed E-state index contributed by atoms with van der Waals surface area (Å²) >= 11 is 0. The largest absolute Gasteiger partial charge is 0.378 e. The van der Waals surface area contributed by atoms with Crippen LogP contribution in [0.3, 0.4) is 0 Å². The lowest BCUT2D eigenvalue weighted by molar-refractivity contribution is 0.608. The second-order valence-corrected chi connectivity index (χ2v) is 7.08. The summed E-state index contributed by atoms with van der Waals surface area (Å²) in [5.41, 5.74) is 5.66. The summed E-state index contributed by atoms with van der Waals surface area (Å²) in [6, 6.07) is 15.6. The summed E-state index contributed by atoms with van der Waals surface area (Å²) in [6.45, 7) is 2.45. The van der Waals surface area contributed by atoms with Crippen LogP contribution in [0.5, 0.6) is 0 Å². The number of anilines is 2. The van der Waals surface area contributed by atoms with Crippen molar-refractivity contribution in [3.8, 4) is 11.1 Å². The van der Waals surface area contributed by atoms with Gasteiger partial charge < -0.3 is 9.80 Å². The van der Waals surface area contributed by atoms with Crippen LogP contribution in [0.25, 0.3) is 17.2 Å². The van der Waals surface area contributed by atoms with Gasteiger partial charge in [-0.15, -0.1) is 0 Å². The van der Waals surface area contributed by atoms with Crippen LogP contribution in [0.4, 0.5) is 15.8 Å². The van der Waals surface area contributed by atoms with Gasteiger partial charge in [0.25, 0.3) is 0 Å². The minimum absolute atomic E-state index is 0.196. The minimum atomic E-state index is -0.196. The molecule has 0 spiro atoms. The predicted octanol–water partition coefficient (Wildman–Crippen LogP) is 5.62. The van der Waals surface area contributed by atoms with Gasteiger partial charge >= 0.3 is 0 Å². The molecule has 28 heavy (non-hydrogen) atoms. The molecule has 3 rings (SSSR count). The van der Waals surface area contributed by atoms with Gasteiger partial charge in [-0.25, -0.2) is 4.39 Å². The molecule has 0 saturated carbocycles. The molecule has 1 aromatic heterocycles. The molecule has 0 radical (unpaired) electrons. The molecule has 0 aliphatic carbocycles. The average Bonchev–Trinajstić information content (AvgIpc) is 2.70. The zero-order chi connectivity index (χ0) is 20.1. The first-order chi connectivity index (χ1) is 13.5. The monoisotopic (exact) mass is 375 g/mol. The molecule has 0 bridgehead atoms. The molecule has 1 heterocycles. The van der Waals surface area contributed by atoms with E-state index in [1.165, 1.54) is 0 Å². The lowest BCUT2D eigenvalue weighted by atomic mass is 10.0. The van der Waals surface area contributed by atoms with Crippen LogP contribution in [0.2, 0.25) is 0 Å². The van der Waals surface area contributed by atoms with Crippen LogP contribution in [0, 0.1) is 5.82 Å². The van der Waals surface area contributed by atoms with Crippen molar-refractivity contribution >= 4 is 17.5 Å². The number of hydrogen-bond acceptors (Lipinski definition) is 3. The summed E-state index contributed by atoms with van der Waals surface area (Å²) in [6.07, 6.45) is 7.59. The summed E-state index contributed by atoms with van der Waals surface area (Å²) in [4.78, 5) is 8.32. The van der Waals surface area contributed by atoms with E-state index in [-0.39, 0.29) is 5.82 Å². The highest BCUT2D eigenvalue weighted by Crippen LogP contribution is 2.25. The fraction of sp³-hybridized carbons (Fsp3) is 0.208. The molecule has 0 aliphatic heterocycles. The fourth-order valence-corrected chi connectivity index (χ4v) is 3.09. The van der Waals surface area contributed by atoms with Gasteiger partial charge in [-0.1, -0.05) is 36.4 Å². The smallest absolute Gasteiger partial charge is 0.128 e. The zero-order valence-electron chi connectivity index (χ0n) is 16.9. The maximum Gasteiger partial charge on any atom is 0.128 e. The predicted molar refractivity (Wildman–Crippen MR) is 117 cm³/mol. The SMILES string of the molecule is C/C=C/c1cncc(N(C)Cc2ccc(-c3ccc(N(C)C)cc3)cc2F)c1. The zero-order valence-corrected chi connectivity index (χ0v) is 16.9. The Labute approximate surface area is 166 Å². The fourth-order valence-electron chi connectivity index (χ4n) is 3.09. The van der Waals surface area contributed by atoms with E-state index < -0.39 is 0 Å². The molecule has 2 aromatic carbocycles. The Morgan fingerprint density at radius 2 is 1.61 bits per heavy atom. The van der Waals surface area contributed by atoms with Crippen LogP contribution in [-0.4, -0.2) is 26.1 Å². The molecular weight excluding hydrogens is 349 g/mol. The van der Waals surface area contributed by atoms with Crippen LogP contribution in [0.15, 0.2) is 67.0 Å². The second kappa shape index (κ2) is 8.70. The molecule has 0 amide bonds. The van der Waals surface area contributed by atoms with Crippen LogP contribution in [0.1, 0.15) is 18.1 Å². The molecule has 0 aliphatic rings. The lowest BCUT2D eigenvalue weighted by Gasteiger charge is -2.20. The molecule has 0 unspecified atom stereocenters. The first kappa shape index (κ1) is 19.6. The third kappa shape index (κ3) is 4.58. The molecule has 0 atom stereocenters. The molecule has 0 fully saturated rings. The Kier molecular flexibility index (Phi) is 6.09. The minimum Gasteiger partial charge on any atom is -0.378 e. The molecule has 144 valence electrons. The normalized spacial score (nSPS) is 11.0. The van der Waals surface area contributed by atoms with E-state index in [4.69, 9.17) is 0 Å². The van der Waals surface area contributed by atoms with Crippen molar-refractivity contribution in [1.29, 1.82) is 0 Å². The van der Waals surface area contributed by atoms with Gasteiger partial charge in [0.2, 0.25) is 0 Å². The number of allylic oxidation sites excluding steroid dienone is 1. The topological polar surface area (TPSA) is 19.4 Å². The number of aromatic nitrogens is 1. The van der Waals surface area contributed by atoms with Gasteiger partial charge in [0.1, 0.15) is 5.82 Å². The van der Waals surface area contributed by atoms with E-state index in [1.54, 1.807) is 12.3 Å². The van der Waals surface area contributed by atoms with Crippen LogP contribution >= 0.6 is 0 Å². The van der Waals surface area contributed by atoms with Crippen LogP contribution in [-0.2, 0) is 6.54 Å². The van der Waals surface area contributed by atoms with Crippen molar-refractivity contribution in [3.63, 3.8) is 0 Å². The number of nitrogens with zero attached hydrogens (tertiary/aromatic N) is 3. The van der Waals surface area contributed by atoms with E-state index in [0.717, 1.165) is 28.1 Å². The van der Waals surface area contributed by atoms with Crippen molar-refractivity contribution < 1.29 is 4.39 Å². The number of halogens is 1. The number of hydrogen-bond donors (Lipinski definition) is 0. The highest BCUT2D eigenvalue weighted by atomic mass is 19.1. The third-order valence-electron chi connectivity index (χ3n) is 4.72. The van der Waals surface area contributed by atoms with Gasteiger partial charge in [0.15, 0.2) is 0 Å². The Hall–Kier alpha value is -3.14. The van der Waals surface area contributed by atoms with Crippen molar-refractivity contribution in [3.05, 3.63) is 83.9 Å². The quantitative estimate of drug-likeness (QED) is 0.557. The highest BCUT2D eigenvalue weighted by Gasteiger charge is 2.09. The van der Waals surface area contributed by atoms with Crippen molar-refractivity contribution in [2.45, 2.75) is 13.5 Å². The van der Waals surface area contributed by atoms with Gasteiger partial charge in [-0.05, 0) is 47.9 Å². The van der Waals surface area contributed by atoms with E-state index in [1.807, 2.05) is 98.7 Å². The summed E-state index contributed by atoms with van der Waals surface area (Å²) < 4.78 is 14.8. The Morgan fingerprint density at radius 1 is 0.893 bits per heavy atom. The molecular formula is C24H26FN3. The maximum atomic E-state index is 14.8. The summed E-state index contributed by atoms with van der Waals surface area (Å²) in [5.74, 6) is -0.196. The highest BCUT2D eigenvalue weighted by molar-refractivity contribution is 5.67. The first-order valence-electron chi connectivity index (χ1n) is 9.33. The third-order valence-corrected chi connectivity index (χ3v) is 4.72. The molecule has 0 saturated heterocycles. The second-order valence-electron chi connectivity index (χ2n) is 7.08. The first-order valence-corrected chi connectivity index (χ1v) is 9.33. The van der Waals surface area contributed by atoms with Gasteiger partial charge in [-0.2, -0.15) is 0 Å². The lowest BCUT2D eigenvalue weighted by Crippen LogP contribution is -2.17. The standard InChI is InChI=1S/C24H26FN3/c1-5-6-18-13-23(16-26-15-18)28(4)17-21-8-7-20(14-24(21)25)19-9-11-22(12-10-19)27(2)3/h5-16H,17H2,1-4H3/b6-5+. The Balaban J connectivity index is 1.78. The van der Waals surface area contributed by atoms with Crippen LogP contribution < -0.4 is 9.80 Å². The average molecular weight is 375 g/mol. The van der Waals surface area contributed by atoms with E-state index in [9.17, 15) is 4.39 Å². The summed E-state index contributed by atoms with van der Waals surface area (Å²) in [5, 5.41) is 0. The number of benzene rings is 2. The summed E-state index contributed by atoms with van der Waals surface area (Å²) in [7, 11) is 5.96. The Bertz CT molecular complexity index is 962. The molecule has 3 aromatic rings. The van der Waals surface area contributed by atoms with E-state index in [0.29, 0.717) is 12.1 Å². The number of pyridine rings is 1. The number of rotatable bonds is 6. The van der Waals surface area contributed by atoms with Gasteiger partial charge in [0, 0.05) is 45.1 Å². The van der Waals surface area contributed by atoms with Crippen molar-refractivity contribution in [2.24, 2.45) is 0 Å². The maximum absolute atomic E-state index is 14.8. The molecule has 3 nitrogen and oxygen atoms in total. The van der Waals surface area contributed by atoms with Gasteiger partial charge in [-0.3, -0.25) is 4.98 Å².